The number of imidazole rings is 1. The third-order valence-corrected chi connectivity index (χ3v) is 16.0. The quantitative estimate of drug-likeness (QED) is 0.132. The fourth-order valence-electron chi connectivity index (χ4n) is 12.0. The molecule has 0 saturated carbocycles. The second kappa shape index (κ2) is 19.9. The molecule has 4 aliphatic rings. The number of imide groups is 1. The van der Waals surface area contributed by atoms with Crippen LogP contribution in [0, 0.1) is 24.6 Å². The van der Waals surface area contributed by atoms with Gasteiger partial charge in [-0.2, -0.15) is 0 Å². The maximum absolute atomic E-state index is 16.1. The molecule has 372 valence electrons. The summed E-state index contributed by atoms with van der Waals surface area (Å²) in [5.41, 5.74) is 8.45. The number of halogens is 1. The molecule has 0 bridgehead atoms. The number of benzene rings is 2. The van der Waals surface area contributed by atoms with Crippen molar-refractivity contribution in [2.24, 2.45) is 25.9 Å². The van der Waals surface area contributed by atoms with Crippen LogP contribution in [0.15, 0.2) is 82.7 Å². The Morgan fingerprint density at radius 2 is 1.68 bits per heavy atom. The number of nitrogens with zero attached hydrogens (tertiary/aromatic N) is 8. The number of hydrogen-bond donors (Lipinski definition) is 2. The number of pyridine rings is 2. The number of carbonyl (C=O) groups is 3. The summed E-state index contributed by atoms with van der Waals surface area (Å²) in [5, 5.41) is 6.30. The van der Waals surface area contributed by atoms with E-state index in [1.54, 1.807) is 41.7 Å². The van der Waals surface area contributed by atoms with Gasteiger partial charge in [0.25, 0.3) is 11.5 Å². The number of anilines is 1. The molecule has 8 heterocycles. The van der Waals surface area contributed by atoms with Crippen LogP contribution >= 0.6 is 0 Å². The third kappa shape index (κ3) is 9.39. The number of aryl methyl sites for hydroxylation is 3. The summed E-state index contributed by atoms with van der Waals surface area (Å²) < 4.78 is 23.0. The van der Waals surface area contributed by atoms with Crippen molar-refractivity contribution in [1.82, 2.24) is 43.3 Å². The van der Waals surface area contributed by atoms with Crippen molar-refractivity contribution in [3.63, 3.8) is 0 Å². The summed E-state index contributed by atoms with van der Waals surface area (Å²) in [6.45, 7) is 9.87. The van der Waals surface area contributed by atoms with Crippen LogP contribution in [0.25, 0.3) is 33.3 Å². The fourth-order valence-corrected chi connectivity index (χ4v) is 12.0. The first-order valence-electron chi connectivity index (χ1n) is 25.4. The molecular formula is C55H65FN10O5. The molecule has 10 rings (SSSR count). The molecular weight excluding hydrogens is 900 g/mol. The summed E-state index contributed by atoms with van der Waals surface area (Å²) >= 11 is 0. The normalized spacial score (nSPS) is 20.3. The molecule has 16 heteroatoms. The van der Waals surface area contributed by atoms with Crippen molar-refractivity contribution in [2.75, 3.05) is 58.2 Å². The molecule has 0 aliphatic carbocycles. The van der Waals surface area contributed by atoms with Crippen LogP contribution in [0.5, 0.6) is 0 Å². The molecule has 2 aromatic carbocycles. The topological polar surface area (TPSA) is 152 Å². The van der Waals surface area contributed by atoms with E-state index in [1.165, 1.54) is 16.2 Å². The van der Waals surface area contributed by atoms with Crippen LogP contribution < -0.4 is 21.9 Å². The lowest BCUT2D eigenvalue weighted by molar-refractivity contribution is -0.135. The smallest absolute Gasteiger partial charge is 0.329 e. The standard InChI is InChI=1S/C55H65FN10O5/c1-34-27-40(30-43(56)51(34)39-16-24-63(25-17-39)35(2)47-32-42-44(12-19-58-52(42)60(47)4)65-26-18-41(57-3)31-50(65)68)54(70)64-22-14-37(15-23-64)33-62-20-6-7-36(13-21-62)28-38-8-9-45-48(29-38)61(5)55(71)66(45)46-10-11-49(67)59-53(46)69/h8-9,12,16,18-19,26-27,29-32,35-37,46,57H,6-7,10-11,13-15,17,20-25,28,33H2,1-5H3,(H,59,67,69)/t35-,36?,46?/m0/s1. The van der Waals surface area contributed by atoms with E-state index in [-0.39, 0.29) is 41.3 Å². The van der Waals surface area contributed by atoms with Crippen LogP contribution in [-0.4, -0.2) is 109 Å². The highest BCUT2D eigenvalue weighted by molar-refractivity contribution is 6.00. The van der Waals surface area contributed by atoms with E-state index in [4.69, 9.17) is 0 Å². The summed E-state index contributed by atoms with van der Waals surface area (Å²) in [7, 11) is 5.54. The van der Waals surface area contributed by atoms with Crippen LogP contribution in [0.2, 0.25) is 0 Å². The zero-order valence-corrected chi connectivity index (χ0v) is 41.5. The Balaban J connectivity index is 0.717. The maximum atomic E-state index is 16.1. The lowest BCUT2D eigenvalue weighted by Crippen LogP contribution is -2.44. The minimum atomic E-state index is -0.694. The van der Waals surface area contributed by atoms with Crippen molar-refractivity contribution in [3.8, 4) is 5.69 Å². The lowest BCUT2D eigenvalue weighted by atomic mass is 9.92. The van der Waals surface area contributed by atoms with Gasteiger partial charge in [0.15, 0.2) is 0 Å². The monoisotopic (exact) mass is 965 g/mol. The zero-order valence-electron chi connectivity index (χ0n) is 41.5. The molecule has 2 N–H and O–H groups in total. The number of rotatable bonds is 11. The van der Waals surface area contributed by atoms with E-state index < -0.39 is 11.9 Å². The molecule has 15 nitrogen and oxygen atoms in total. The molecule has 3 amide bonds. The molecule has 3 fully saturated rings. The van der Waals surface area contributed by atoms with Gasteiger partial charge >= 0.3 is 5.69 Å². The first-order valence-corrected chi connectivity index (χ1v) is 25.4. The molecule has 2 unspecified atom stereocenters. The number of nitrogens with one attached hydrogen (secondary N) is 2. The largest absolute Gasteiger partial charge is 0.388 e. The number of aromatic nitrogens is 5. The highest BCUT2D eigenvalue weighted by Crippen LogP contribution is 2.35. The summed E-state index contributed by atoms with van der Waals surface area (Å²) in [4.78, 5) is 76.2. The third-order valence-electron chi connectivity index (χ3n) is 16.0. The Hall–Kier alpha value is -6.65. The minimum Gasteiger partial charge on any atom is -0.388 e. The van der Waals surface area contributed by atoms with E-state index in [1.807, 2.05) is 43.1 Å². The van der Waals surface area contributed by atoms with Crippen molar-refractivity contribution < 1.29 is 18.8 Å². The molecule has 4 aromatic heterocycles. The highest BCUT2D eigenvalue weighted by atomic mass is 19.1. The molecule has 4 aliphatic heterocycles. The van der Waals surface area contributed by atoms with Crippen LogP contribution in [0.3, 0.4) is 0 Å². The van der Waals surface area contributed by atoms with Crippen LogP contribution in [0.1, 0.15) is 103 Å². The molecule has 71 heavy (non-hydrogen) atoms. The Bertz CT molecular complexity index is 3190. The summed E-state index contributed by atoms with van der Waals surface area (Å²) in [5.74, 6) is -0.168. The van der Waals surface area contributed by atoms with Gasteiger partial charge in [-0.05, 0) is 149 Å². The van der Waals surface area contributed by atoms with Crippen LogP contribution in [-0.2, 0) is 30.1 Å². The summed E-state index contributed by atoms with van der Waals surface area (Å²) in [6, 6.07) is 16.2. The molecule has 3 saturated heterocycles. The van der Waals surface area contributed by atoms with Gasteiger partial charge < -0.3 is 19.7 Å². The average molecular weight is 965 g/mol. The van der Waals surface area contributed by atoms with Gasteiger partial charge in [-0.3, -0.25) is 43.1 Å². The fraction of sp³-hybridized carbons (Fsp3) is 0.455. The number of fused-ring (bicyclic) bond motifs is 2. The van der Waals surface area contributed by atoms with Gasteiger partial charge in [0.1, 0.15) is 17.5 Å². The molecule has 6 aromatic rings. The van der Waals surface area contributed by atoms with E-state index in [2.05, 4.69) is 61.2 Å². The van der Waals surface area contributed by atoms with Crippen LogP contribution in [0.4, 0.5) is 10.1 Å². The van der Waals surface area contributed by atoms with Gasteiger partial charge in [0.2, 0.25) is 11.8 Å². The van der Waals surface area contributed by atoms with Gasteiger partial charge in [-0.15, -0.1) is 0 Å². The van der Waals surface area contributed by atoms with Gasteiger partial charge in [0, 0.05) is 113 Å². The maximum Gasteiger partial charge on any atom is 0.329 e. The lowest BCUT2D eigenvalue weighted by Gasteiger charge is -2.35. The van der Waals surface area contributed by atoms with Gasteiger partial charge in [-0.1, -0.05) is 12.1 Å². The number of amides is 3. The average Bonchev–Trinajstić information content (AvgIpc) is 3.72. The van der Waals surface area contributed by atoms with Crippen molar-refractivity contribution in [1.29, 1.82) is 0 Å². The molecule has 3 atom stereocenters. The highest BCUT2D eigenvalue weighted by Gasteiger charge is 2.33. The number of likely N-dealkylation sites (tertiary alicyclic amines) is 2. The zero-order chi connectivity index (χ0) is 49.7. The number of hydrogen-bond acceptors (Lipinski definition) is 9. The van der Waals surface area contributed by atoms with Crippen molar-refractivity contribution >= 4 is 51.0 Å². The predicted octanol–water partition coefficient (Wildman–Crippen LogP) is 6.89. The van der Waals surface area contributed by atoms with Crippen molar-refractivity contribution in [3.05, 3.63) is 128 Å². The Morgan fingerprint density at radius 3 is 2.41 bits per heavy atom. The Labute approximate surface area is 412 Å². The van der Waals surface area contributed by atoms with Gasteiger partial charge in [-0.25, -0.2) is 14.2 Å². The summed E-state index contributed by atoms with van der Waals surface area (Å²) in [6.07, 6.45) is 12.9. The first kappa shape index (κ1) is 48.0. The van der Waals surface area contributed by atoms with E-state index in [0.29, 0.717) is 61.0 Å². The van der Waals surface area contributed by atoms with E-state index in [9.17, 15) is 24.0 Å². The van der Waals surface area contributed by atoms with Crippen molar-refractivity contribution in [2.45, 2.75) is 83.7 Å². The Kier molecular flexibility index (Phi) is 13.4. The van der Waals surface area contributed by atoms with E-state index in [0.717, 1.165) is 109 Å². The Morgan fingerprint density at radius 1 is 0.873 bits per heavy atom. The second-order valence-corrected chi connectivity index (χ2v) is 20.4. The van der Waals surface area contributed by atoms with E-state index >= 15 is 4.39 Å². The first-order chi connectivity index (χ1) is 34.3. The SMILES string of the molecule is CNc1ccn(-c2ccnc3c2cc([C@H](C)N2CC=C(c4c(C)cc(C(=O)N5CCC(CN6CCCC(Cc7ccc8c(c7)n(C)c(=O)n8C7CCC(=O)NC7=O)CC6)CC5)cc4F)CC2)n3C)c(=O)c1. The molecule has 0 radical (unpaired) electrons. The number of piperidine rings is 2. The minimum absolute atomic E-state index is 0.0328. The number of carbonyl (C=O) groups excluding carboxylic acids is 3. The molecule has 0 spiro atoms. The predicted molar refractivity (Wildman–Crippen MR) is 274 cm³/mol. The van der Waals surface area contributed by atoms with Gasteiger partial charge in [0.05, 0.1) is 16.7 Å². The second-order valence-electron chi connectivity index (χ2n) is 20.4.